The summed E-state index contributed by atoms with van der Waals surface area (Å²) in [5.41, 5.74) is 1.93. The van der Waals surface area contributed by atoms with Gasteiger partial charge >= 0.3 is 0 Å². The van der Waals surface area contributed by atoms with E-state index in [9.17, 15) is 0 Å². The van der Waals surface area contributed by atoms with E-state index in [1.54, 1.807) is 0 Å². The molecular formula is C13H17N3. The minimum atomic E-state index is 0.271. The van der Waals surface area contributed by atoms with E-state index in [0.29, 0.717) is 0 Å². The molecule has 16 heavy (non-hydrogen) atoms. The summed E-state index contributed by atoms with van der Waals surface area (Å²) >= 11 is 0. The Balaban J connectivity index is 2.34. The van der Waals surface area contributed by atoms with Crippen molar-refractivity contribution in [3.05, 3.63) is 36.4 Å². The number of nitrogens with zero attached hydrogens (tertiary/aromatic N) is 3. The van der Waals surface area contributed by atoms with Crippen molar-refractivity contribution in [1.29, 1.82) is 0 Å². The fourth-order valence-electron chi connectivity index (χ4n) is 1.69. The first-order valence-electron chi connectivity index (χ1n) is 5.83. The molecule has 0 N–H and O–H groups in total. The third-order valence-corrected chi connectivity index (χ3v) is 2.61. The lowest BCUT2D eigenvalue weighted by molar-refractivity contribution is 0.467. The van der Waals surface area contributed by atoms with Crippen molar-refractivity contribution in [2.24, 2.45) is 0 Å². The summed E-state index contributed by atoms with van der Waals surface area (Å²) in [6.45, 7) is 4.29. The zero-order valence-electron chi connectivity index (χ0n) is 9.80. The van der Waals surface area contributed by atoms with Gasteiger partial charge in [-0.15, -0.1) is 0 Å². The molecule has 0 fully saturated rings. The Morgan fingerprint density at radius 1 is 1.19 bits per heavy atom. The average molecular weight is 215 g/mol. The van der Waals surface area contributed by atoms with E-state index in [0.717, 1.165) is 23.9 Å². The van der Waals surface area contributed by atoms with E-state index in [-0.39, 0.29) is 6.04 Å². The van der Waals surface area contributed by atoms with E-state index in [4.69, 9.17) is 0 Å². The van der Waals surface area contributed by atoms with Crippen LogP contribution >= 0.6 is 0 Å². The van der Waals surface area contributed by atoms with Crippen LogP contribution < -0.4 is 0 Å². The van der Waals surface area contributed by atoms with E-state index in [1.165, 1.54) is 0 Å². The maximum absolute atomic E-state index is 4.49. The molecule has 0 aliphatic heterocycles. The highest BCUT2D eigenvalue weighted by molar-refractivity contribution is 5.72. The van der Waals surface area contributed by atoms with Crippen molar-refractivity contribution >= 4 is 11.0 Å². The van der Waals surface area contributed by atoms with E-state index >= 15 is 0 Å². The van der Waals surface area contributed by atoms with Gasteiger partial charge < -0.3 is 0 Å². The summed E-state index contributed by atoms with van der Waals surface area (Å²) in [4.78, 5) is 1.82. The third-order valence-electron chi connectivity index (χ3n) is 2.61. The molecule has 2 aromatic rings. The zero-order valence-corrected chi connectivity index (χ0v) is 9.80. The molecule has 0 radical (unpaired) electrons. The number of benzene rings is 1. The van der Waals surface area contributed by atoms with Gasteiger partial charge in [-0.05, 0) is 25.0 Å². The fraction of sp³-hybridized carbons (Fsp3) is 0.385. The molecule has 0 aliphatic carbocycles. The van der Waals surface area contributed by atoms with Gasteiger partial charge in [-0.3, -0.25) is 0 Å². The molecule has 0 amide bonds. The van der Waals surface area contributed by atoms with Crippen molar-refractivity contribution in [2.75, 3.05) is 0 Å². The summed E-state index contributed by atoms with van der Waals surface area (Å²) in [5, 5.41) is 8.98. The van der Waals surface area contributed by atoms with Crippen LogP contribution in [0.2, 0.25) is 0 Å². The van der Waals surface area contributed by atoms with Crippen LogP contribution in [0.4, 0.5) is 0 Å². The van der Waals surface area contributed by atoms with Crippen LogP contribution in [0, 0.1) is 0 Å². The van der Waals surface area contributed by atoms with Crippen molar-refractivity contribution < 1.29 is 0 Å². The second-order valence-electron chi connectivity index (χ2n) is 3.82. The lowest BCUT2D eigenvalue weighted by atomic mass is 10.2. The molecule has 3 heteroatoms. The number of fused-ring (bicyclic) bond motifs is 1. The van der Waals surface area contributed by atoms with Gasteiger partial charge in [-0.1, -0.05) is 38.1 Å². The summed E-state index contributed by atoms with van der Waals surface area (Å²) in [6, 6.07) is 8.24. The van der Waals surface area contributed by atoms with Gasteiger partial charge in [0.15, 0.2) is 0 Å². The molecule has 0 saturated heterocycles. The summed E-state index contributed by atoms with van der Waals surface area (Å²) < 4.78 is 0. The number of allylic oxidation sites excluding steroid dienone is 2. The number of hydrogen-bond donors (Lipinski definition) is 0. The quantitative estimate of drug-likeness (QED) is 0.732. The van der Waals surface area contributed by atoms with Gasteiger partial charge in [-0.2, -0.15) is 15.0 Å². The molecule has 0 bridgehead atoms. The molecule has 2 rings (SSSR count). The molecule has 1 heterocycles. The van der Waals surface area contributed by atoms with Crippen LogP contribution in [0.15, 0.2) is 36.4 Å². The van der Waals surface area contributed by atoms with Crippen molar-refractivity contribution in [3.8, 4) is 0 Å². The normalized spacial score (nSPS) is 13.6. The summed E-state index contributed by atoms with van der Waals surface area (Å²) in [7, 11) is 0. The summed E-state index contributed by atoms with van der Waals surface area (Å²) in [5.74, 6) is 0. The molecule has 0 aliphatic rings. The van der Waals surface area contributed by atoms with Gasteiger partial charge in [0.05, 0.1) is 6.04 Å². The number of hydrogen-bond acceptors (Lipinski definition) is 2. The van der Waals surface area contributed by atoms with E-state index < -0.39 is 0 Å². The number of aromatic nitrogens is 3. The van der Waals surface area contributed by atoms with E-state index in [1.807, 2.05) is 29.1 Å². The maximum atomic E-state index is 4.49. The van der Waals surface area contributed by atoms with Crippen LogP contribution in [0.25, 0.3) is 11.0 Å². The van der Waals surface area contributed by atoms with Crippen molar-refractivity contribution in [2.45, 2.75) is 32.7 Å². The first-order valence-corrected chi connectivity index (χ1v) is 5.83. The second-order valence-corrected chi connectivity index (χ2v) is 3.82. The van der Waals surface area contributed by atoms with Crippen LogP contribution in [0.1, 0.15) is 32.7 Å². The fourth-order valence-corrected chi connectivity index (χ4v) is 1.69. The molecular weight excluding hydrogens is 198 g/mol. The Kier molecular flexibility index (Phi) is 3.34. The molecule has 0 spiro atoms. The smallest absolute Gasteiger partial charge is 0.113 e. The first kappa shape index (κ1) is 10.9. The zero-order chi connectivity index (χ0) is 11.4. The molecule has 84 valence electrons. The topological polar surface area (TPSA) is 30.7 Å². The summed E-state index contributed by atoms with van der Waals surface area (Å²) in [6.07, 6.45) is 6.41. The van der Waals surface area contributed by atoms with Crippen LogP contribution in [0.3, 0.4) is 0 Å². The Hall–Kier alpha value is -1.64. The minimum Gasteiger partial charge on any atom is -0.177 e. The Morgan fingerprint density at radius 3 is 2.31 bits per heavy atom. The largest absolute Gasteiger partial charge is 0.177 e. The van der Waals surface area contributed by atoms with Crippen molar-refractivity contribution in [3.63, 3.8) is 0 Å². The first-order chi connectivity index (χ1) is 7.85. The monoisotopic (exact) mass is 215 g/mol. The van der Waals surface area contributed by atoms with Gasteiger partial charge in [0.1, 0.15) is 11.0 Å². The standard InChI is InChI=1S/C13H17N3/c1-3-5-8-11(4-2)16-14-12-9-6-7-10-13(12)15-16/h5-11H,3-4H2,1-2H3/b8-5+. The van der Waals surface area contributed by atoms with Gasteiger partial charge in [-0.25, -0.2) is 0 Å². The van der Waals surface area contributed by atoms with Gasteiger partial charge in [0.2, 0.25) is 0 Å². The van der Waals surface area contributed by atoms with E-state index in [2.05, 4.69) is 36.2 Å². The van der Waals surface area contributed by atoms with Gasteiger partial charge in [0, 0.05) is 0 Å². The van der Waals surface area contributed by atoms with Crippen LogP contribution in [-0.2, 0) is 0 Å². The molecule has 1 unspecified atom stereocenters. The SMILES string of the molecule is CC/C=C/C(CC)n1nc2ccccc2n1. The predicted octanol–water partition coefficient (Wildman–Crippen LogP) is 3.35. The molecule has 3 nitrogen and oxygen atoms in total. The van der Waals surface area contributed by atoms with Crippen molar-refractivity contribution in [1.82, 2.24) is 15.0 Å². The maximum Gasteiger partial charge on any atom is 0.113 e. The lowest BCUT2D eigenvalue weighted by Gasteiger charge is -2.07. The number of rotatable bonds is 4. The van der Waals surface area contributed by atoms with Crippen LogP contribution in [-0.4, -0.2) is 15.0 Å². The third kappa shape index (κ3) is 2.13. The molecule has 1 atom stereocenters. The average Bonchev–Trinajstić information content (AvgIpc) is 2.73. The minimum absolute atomic E-state index is 0.271. The van der Waals surface area contributed by atoms with Gasteiger partial charge in [0.25, 0.3) is 0 Å². The lowest BCUT2D eigenvalue weighted by Crippen LogP contribution is -2.08. The second kappa shape index (κ2) is 4.92. The Bertz CT molecular complexity index is 452. The molecule has 1 aromatic heterocycles. The molecule has 0 saturated carbocycles. The molecule has 1 aromatic carbocycles. The highest BCUT2D eigenvalue weighted by Gasteiger charge is 2.08. The highest BCUT2D eigenvalue weighted by Crippen LogP contribution is 2.15. The Labute approximate surface area is 95.8 Å². The highest BCUT2D eigenvalue weighted by atomic mass is 15.5. The van der Waals surface area contributed by atoms with Crippen LogP contribution in [0.5, 0.6) is 0 Å². The predicted molar refractivity (Wildman–Crippen MR) is 66.3 cm³/mol. The Morgan fingerprint density at radius 2 is 1.81 bits per heavy atom.